The van der Waals surface area contributed by atoms with Gasteiger partial charge in [-0.25, -0.2) is 4.79 Å². The van der Waals surface area contributed by atoms with Crippen LogP contribution in [0.4, 0.5) is 0 Å². The zero-order chi connectivity index (χ0) is 18.8. The molecule has 0 unspecified atom stereocenters. The number of fused-ring (bicyclic) bond motifs is 1. The Hall–Kier alpha value is -2.96. The number of nitrogens with zero attached hydrogens (tertiary/aromatic N) is 1. The summed E-state index contributed by atoms with van der Waals surface area (Å²) in [6.45, 7) is 3.66. The van der Waals surface area contributed by atoms with Crippen molar-refractivity contribution in [3.63, 3.8) is 0 Å². The van der Waals surface area contributed by atoms with Gasteiger partial charge in [-0.1, -0.05) is 12.1 Å². The van der Waals surface area contributed by atoms with E-state index in [1.807, 2.05) is 12.1 Å². The lowest BCUT2D eigenvalue weighted by atomic mass is 10.1. The number of rotatable bonds is 4. The maximum atomic E-state index is 12.8. The molecule has 0 fully saturated rings. The molecule has 2 heterocycles. The number of esters is 1. The Balaban J connectivity index is 1.71. The van der Waals surface area contributed by atoms with Crippen LogP contribution in [0.3, 0.4) is 0 Å². The number of ether oxygens (including phenoxy) is 3. The van der Waals surface area contributed by atoms with Gasteiger partial charge in [0, 0.05) is 7.05 Å². The average molecular weight is 359 g/mol. The van der Waals surface area contributed by atoms with Crippen LogP contribution in [0.5, 0.6) is 11.5 Å². The van der Waals surface area contributed by atoms with Crippen molar-refractivity contribution >= 4 is 11.9 Å². The van der Waals surface area contributed by atoms with Gasteiger partial charge in [0.1, 0.15) is 23.2 Å². The third-order valence-corrected chi connectivity index (χ3v) is 4.23. The van der Waals surface area contributed by atoms with Crippen LogP contribution < -0.4 is 9.47 Å². The molecule has 0 saturated heterocycles. The molecule has 1 aromatic carbocycles. The second-order valence-electron chi connectivity index (χ2n) is 6.18. The first kappa shape index (κ1) is 17.8. The second kappa shape index (κ2) is 7.11. The number of hydrogen-bond acceptors (Lipinski definition) is 6. The summed E-state index contributed by atoms with van der Waals surface area (Å²) in [5.74, 6) is 1.40. The van der Waals surface area contributed by atoms with E-state index in [1.54, 1.807) is 39.1 Å². The molecular formula is C19H21NO6. The molecule has 2 aromatic rings. The molecule has 0 saturated carbocycles. The minimum atomic E-state index is -0.758. The quantitative estimate of drug-likeness (QED) is 0.781. The molecule has 26 heavy (non-hydrogen) atoms. The average Bonchev–Trinajstić information content (AvgIpc) is 2.99. The van der Waals surface area contributed by atoms with Crippen molar-refractivity contribution in [2.75, 3.05) is 14.2 Å². The minimum Gasteiger partial charge on any atom is -0.482 e. The molecule has 0 N–H and O–H groups in total. The maximum Gasteiger partial charge on any atom is 0.341 e. The smallest absolute Gasteiger partial charge is 0.341 e. The summed E-state index contributed by atoms with van der Waals surface area (Å²) in [5.41, 5.74) is 0.350. The molecule has 3 rings (SSSR count). The van der Waals surface area contributed by atoms with Crippen molar-refractivity contribution in [1.29, 1.82) is 0 Å². The molecule has 0 bridgehead atoms. The van der Waals surface area contributed by atoms with E-state index in [0.717, 1.165) is 0 Å². The Morgan fingerprint density at radius 1 is 1.19 bits per heavy atom. The fraction of sp³-hybridized carbons (Fsp3) is 0.368. The van der Waals surface area contributed by atoms with Gasteiger partial charge in [-0.2, -0.15) is 0 Å². The Morgan fingerprint density at radius 2 is 1.85 bits per heavy atom. The summed E-state index contributed by atoms with van der Waals surface area (Å²) in [4.78, 5) is 26.0. The van der Waals surface area contributed by atoms with Crippen LogP contribution in [0.25, 0.3) is 0 Å². The van der Waals surface area contributed by atoms with Crippen LogP contribution in [0, 0.1) is 6.92 Å². The highest BCUT2D eigenvalue weighted by atomic mass is 16.6. The molecule has 0 aliphatic carbocycles. The lowest BCUT2D eigenvalue weighted by Crippen LogP contribution is -2.49. The van der Waals surface area contributed by atoms with Crippen LogP contribution in [0.2, 0.25) is 0 Å². The molecule has 2 atom stereocenters. The summed E-state index contributed by atoms with van der Waals surface area (Å²) in [5, 5.41) is 0. The summed E-state index contributed by atoms with van der Waals surface area (Å²) in [6, 6.07) is 8.82. The van der Waals surface area contributed by atoms with Gasteiger partial charge >= 0.3 is 5.97 Å². The Morgan fingerprint density at radius 3 is 2.50 bits per heavy atom. The Kier molecular flexibility index (Phi) is 4.88. The number of carbonyl (C=O) groups is 2. The third-order valence-electron chi connectivity index (χ3n) is 4.23. The van der Waals surface area contributed by atoms with E-state index in [-0.39, 0.29) is 12.5 Å². The van der Waals surface area contributed by atoms with Gasteiger partial charge in [-0.3, -0.25) is 4.79 Å². The van der Waals surface area contributed by atoms with Crippen LogP contribution in [-0.2, 0) is 16.1 Å². The molecule has 138 valence electrons. The van der Waals surface area contributed by atoms with Crippen LogP contribution >= 0.6 is 0 Å². The van der Waals surface area contributed by atoms with Crippen molar-refractivity contribution in [2.24, 2.45) is 0 Å². The topological polar surface area (TPSA) is 78.2 Å². The highest BCUT2D eigenvalue weighted by molar-refractivity contribution is 5.90. The first-order chi connectivity index (χ1) is 12.4. The van der Waals surface area contributed by atoms with Gasteiger partial charge < -0.3 is 23.5 Å². The van der Waals surface area contributed by atoms with Gasteiger partial charge in [0.25, 0.3) is 5.91 Å². The number of hydrogen-bond donors (Lipinski definition) is 0. The SMILES string of the molecule is COC(=O)c1cc(CN(C)C(=O)[C@@H]2Oc3ccccc3O[C@H]2C)oc1C. The lowest BCUT2D eigenvalue weighted by Gasteiger charge is -2.33. The zero-order valence-corrected chi connectivity index (χ0v) is 15.1. The second-order valence-corrected chi connectivity index (χ2v) is 6.18. The number of furan rings is 1. The maximum absolute atomic E-state index is 12.8. The largest absolute Gasteiger partial charge is 0.482 e. The minimum absolute atomic E-state index is 0.199. The predicted molar refractivity (Wildman–Crippen MR) is 92.2 cm³/mol. The Bertz CT molecular complexity index is 827. The fourth-order valence-corrected chi connectivity index (χ4v) is 2.85. The predicted octanol–water partition coefficient (Wildman–Crippen LogP) is 2.56. The Labute approximate surface area is 151 Å². The van der Waals surface area contributed by atoms with Gasteiger partial charge in [0.15, 0.2) is 11.5 Å². The molecule has 0 radical (unpaired) electrons. The van der Waals surface area contributed by atoms with Gasteiger partial charge in [0.05, 0.1) is 13.7 Å². The standard InChI is InChI=1S/C19H21NO6/c1-11-14(19(22)23-4)9-13(24-11)10-20(3)18(21)17-12(2)25-15-7-5-6-8-16(15)26-17/h5-9,12,17H,10H2,1-4H3/t12-,17+/m0/s1. The molecule has 7 nitrogen and oxygen atoms in total. The van der Waals surface area contributed by atoms with Gasteiger partial charge in [-0.15, -0.1) is 0 Å². The number of amides is 1. The highest BCUT2D eigenvalue weighted by Gasteiger charge is 2.36. The molecule has 1 aliphatic heterocycles. The number of methoxy groups -OCH3 is 1. The first-order valence-corrected chi connectivity index (χ1v) is 8.25. The van der Waals surface area contributed by atoms with Crippen LogP contribution in [0.1, 0.15) is 28.8 Å². The van der Waals surface area contributed by atoms with Crippen molar-refractivity contribution < 1.29 is 28.2 Å². The number of likely N-dealkylation sites (N-methyl/N-ethyl adjacent to an activating group) is 1. The van der Waals surface area contributed by atoms with Crippen molar-refractivity contribution in [3.05, 3.63) is 47.4 Å². The van der Waals surface area contributed by atoms with E-state index in [2.05, 4.69) is 0 Å². The zero-order valence-electron chi connectivity index (χ0n) is 15.1. The molecular weight excluding hydrogens is 338 g/mol. The summed E-state index contributed by atoms with van der Waals surface area (Å²) < 4.78 is 21.9. The first-order valence-electron chi connectivity index (χ1n) is 8.25. The lowest BCUT2D eigenvalue weighted by molar-refractivity contribution is -0.143. The van der Waals surface area contributed by atoms with Gasteiger partial charge in [0.2, 0.25) is 6.10 Å². The third kappa shape index (κ3) is 3.37. The van der Waals surface area contributed by atoms with E-state index in [9.17, 15) is 9.59 Å². The van der Waals surface area contributed by atoms with Crippen LogP contribution in [0.15, 0.2) is 34.7 Å². The van der Waals surface area contributed by atoms with Crippen LogP contribution in [-0.4, -0.2) is 43.1 Å². The van der Waals surface area contributed by atoms with Crippen molar-refractivity contribution in [2.45, 2.75) is 32.6 Å². The van der Waals surface area contributed by atoms with E-state index in [4.69, 9.17) is 18.6 Å². The van der Waals surface area contributed by atoms with Crippen molar-refractivity contribution in [1.82, 2.24) is 4.90 Å². The molecule has 0 spiro atoms. The van der Waals surface area contributed by atoms with Gasteiger partial charge in [-0.05, 0) is 32.0 Å². The molecule has 1 amide bonds. The summed E-state index contributed by atoms with van der Waals surface area (Å²) in [6.07, 6.45) is -1.19. The van der Waals surface area contributed by atoms with E-state index in [0.29, 0.717) is 28.6 Å². The van der Waals surface area contributed by atoms with E-state index >= 15 is 0 Å². The van der Waals surface area contributed by atoms with E-state index in [1.165, 1.54) is 12.0 Å². The summed E-state index contributed by atoms with van der Waals surface area (Å²) in [7, 11) is 2.96. The molecule has 1 aromatic heterocycles. The fourth-order valence-electron chi connectivity index (χ4n) is 2.85. The molecule has 7 heteroatoms. The normalized spacial score (nSPS) is 18.3. The van der Waals surface area contributed by atoms with Crippen molar-refractivity contribution in [3.8, 4) is 11.5 Å². The number of para-hydroxylation sites is 2. The van der Waals surface area contributed by atoms with E-state index < -0.39 is 18.2 Å². The monoisotopic (exact) mass is 359 g/mol. The number of benzene rings is 1. The number of aryl methyl sites for hydroxylation is 1. The number of carbonyl (C=O) groups excluding carboxylic acids is 2. The molecule has 1 aliphatic rings. The summed E-state index contributed by atoms with van der Waals surface area (Å²) >= 11 is 0. The highest BCUT2D eigenvalue weighted by Crippen LogP contribution is 2.34.